The van der Waals surface area contributed by atoms with Crippen LogP contribution in [0.3, 0.4) is 0 Å². The van der Waals surface area contributed by atoms with Crippen LogP contribution in [0, 0.1) is 0 Å². The Morgan fingerprint density at radius 2 is 1.69 bits per heavy atom. The monoisotopic (exact) mass is 443 g/mol. The van der Waals surface area contributed by atoms with Crippen LogP contribution in [0.1, 0.15) is 25.3 Å². The maximum Gasteiger partial charge on any atom is 0.137 e. The zero-order valence-electron chi connectivity index (χ0n) is 18.1. The van der Waals surface area contributed by atoms with Crippen LogP contribution in [0.15, 0.2) is 73.1 Å². The molecular weight excluding hydrogens is 418 g/mol. The molecule has 0 unspecified atom stereocenters. The smallest absolute Gasteiger partial charge is 0.137 e. The van der Waals surface area contributed by atoms with Gasteiger partial charge in [0.05, 0.1) is 29.5 Å². The molecule has 4 aromatic rings. The molecule has 5 rings (SSSR count). The predicted molar refractivity (Wildman–Crippen MR) is 128 cm³/mol. The molecule has 1 aliphatic carbocycles. The average Bonchev–Trinajstić information content (AvgIpc) is 3.24. The molecule has 6 heteroatoms. The number of hydrogen-bond acceptors (Lipinski definition) is 6. The van der Waals surface area contributed by atoms with Gasteiger partial charge in [0.2, 0.25) is 0 Å². The number of ether oxygens (including phenoxy) is 1. The van der Waals surface area contributed by atoms with Crippen LogP contribution in [0.25, 0.3) is 32.3 Å². The molecule has 5 nitrogen and oxygen atoms in total. The van der Waals surface area contributed by atoms with Gasteiger partial charge in [-0.1, -0.05) is 54.6 Å². The number of hydrogen-bond donors (Lipinski definition) is 2. The number of benzene rings is 2. The highest BCUT2D eigenvalue weighted by Crippen LogP contribution is 2.47. The van der Waals surface area contributed by atoms with Gasteiger partial charge in [-0.05, 0) is 37.0 Å². The molecule has 162 valence electrons. The zero-order chi connectivity index (χ0) is 22.3. The standard InChI is InChI=1S/C26H25N3O2S/c1-25(30)15-26(27,16-25)20-10-8-17(9-11-20)22-23(18-6-4-3-5-7-18)32-24(29-22)19-12-21(31-2)14-28-13-19/h3-14,30H,15-16,27H2,1-2H3. The second-order valence-electron chi connectivity index (χ2n) is 8.76. The van der Waals surface area contributed by atoms with E-state index in [9.17, 15) is 5.11 Å². The van der Waals surface area contributed by atoms with E-state index in [1.807, 2.05) is 37.4 Å². The van der Waals surface area contributed by atoms with Crippen LogP contribution in [0.5, 0.6) is 5.75 Å². The van der Waals surface area contributed by atoms with E-state index in [4.69, 9.17) is 15.5 Å². The van der Waals surface area contributed by atoms with Crippen molar-refractivity contribution in [2.24, 2.45) is 5.73 Å². The van der Waals surface area contributed by atoms with E-state index >= 15 is 0 Å². The van der Waals surface area contributed by atoms with Gasteiger partial charge in [0, 0.05) is 22.9 Å². The maximum atomic E-state index is 10.2. The Bertz CT molecular complexity index is 1240. The molecule has 0 amide bonds. The third-order valence-electron chi connectivity index (χ3n) is 5.98. The van der Waals surface area contributed by atoms with Gasteiger partial charge in [-0.15, -0.1) is 11.3 Å². The lowest BCUT2D eigenvalue weighted by Gasteiger charge is -2.49. The Morgan fingerprint density at radius 1 is 0.969 bits per heavy atom. The first-order valence-corrected chi connectivity index (χ1v) is 11.4. The SMILES string of the molecule is COc1cncc(-c2nc(-c3ccc(C4(N)CC(C)(O)C4)cc3)c(-c3ccccc3)s2)c1. The fourth-order valence-electron chi connectivity index (χ4n) is 4.54. The summed E-state index contributed by atoms with van der Waals surface area (Å²) in [5.74, 6) is 0.703. The predicted octanol–water partition coefficient (Wildman–Crippen LogP) is 5.25. The lowest BCUT2D eigenvalue weighted by Crippen LogP contribution is -2.58. The van der Waals surface area contributed by atoms with Gasteiger partial charge in [0.1, 0.15) is 10.8 Å². The molecule has 1 aliphatic rings. The second kappa shape index (κ2) is 7.81. The van der Waals surface area contributed by atoms with E-state index in [1.54, 1.807) is 24.6 Å². The van der Waals surface area contributed by atoms with Crippen molar-refractivity contribution < 1.29 is 9.84 Å². The number of nitrogens with zero attached hydrogens (tertiary/aromatic N) is 2. The summed E-state index contributed by atoms with van der Waals surface area (Å²) in [6, 6.07) is 20.5. The highest BCUT2D eigenvalue weighted by molar-refractivity contribution is 7.19. The first kappa shape index (κ1) is 20.8. The Labute approximate surface area is 191 Å². The number of nitrogens with two attached hydrogens (primary N) is 1. The van der Waals surface area contributed by atoms with Crippen molar-refractivity contribution in [1.29, 1.82) is 0 Å². The highest BCUT2D eigenvalue weighted by atomic mass is 32.1. The van der Waals surface area contributed by atoms with Crippen molar-refractivity contribution >= 4 is 11.3 Å². The number of rotatable bonds is 5. The van der Waals surface area contributed by atoms with E-state index in [1.165, 1.54) is 0 Å². The summed E-state index contributed by atoms with van der Waals surface area (Å²) in [7, 11) is 1.64. The van der Waals surface area contributed by atoms with E-state index in [0.717, 1.165) is 37.8 Å². The molecule has 2 heterocycles. The summed E-state index contributed by atoms with van der Waals surface area (Å²) in [6.45, 7) is 1.84. The average molecular weight is 444 g/mol. The quantitative estimate of drug-likeness (QED) is 0.440. The fourth-order valence-corrected chi connectivity index (χ4v) is 5.62. The summed E-state index contributed by atoms with van der Waals surface area (Å²) >= 11 is 1.64. The minimum Gasteiger partial charge on any atom is -0.495 e. The third kappa shape index (κ3) is 3.81. The van der Waals surface area contributed by atoms with E-state index in [2.05, 4.69) is 41.4 Å². The van der Waals surface area contributed by atoms with Gasteiger partial charge in [-0.25, -0.2) is 4.98 Å². The summed E-state index contributed by atoms with van der Waals surface area (Å²) in [6.07, 6.45) is 4.63. The maximum absolute atomic E-state index is 10.2. The molecule has 0 saturated heterocycles. The van der Waals surface area contributed by atoms with Gasteiger partial charge >= 0.3 is 0 Å². The van der Waals surface area contributed by atoms with E-state index in [0.29, 0.717) is 18.6 Å². The number of methoxy groups -OCH3 is 1. The van der Waals surface area contributed by atoms with Crippen molar-refractivity contribution in [3.05, 3.63) is 78.6 Å². The number of aromatic nitrogens is 2. The summed E-state index contributed by atoms with van der Waals surface area (Å²) in [4.78, 5) is 10.4. The van der Waals surface area contributed by atoms with Crippen LogP contribution in [0.2, 0.25) is 0 Å². The van der Waals surface area contributed by atoms with Gasteiger partial charge in [-0.2, -0.15) is 0 Å². The summed E-state index contributed by atoms with van der Waals surface area (Å²) < 4.78 is 5.34. The largest absolute Gasteiger partial charge is 0.495 e. The number of pyridine rings is 1. The van der Waals surface area contributed by atoms with Crippen LogP contribution in [-0.2, 0) is 5.54 Å². The van der Waals surface area contributed by atoms with Crippen LogP contribution in [-0.4, -0.2) is 27.8 Å². The normalized spacial score (nSPS) is 22.4. The number of aliphatic hydroxyl groups is 1. The van der Waals surface area contributed by atoms with Crippen LogP contribution >= 0.6 is 11.3 Å². The topological polar surface area (TPSA) is 81.3 Å². The Balaban J connectivity index is 1.56. The fraction of sp³-hybridized carbons (Fsp3) is 0.231. The number of thiazole rings is 1. The van der Waals surface area contributed by atoms with Gasteiger partial charge in [0.15, 0.2) is 0 Å². The molecule has 0 radical (unpaired) electrons. The van der Waals surface area contributed by atoms with E-state index in [-0.39, 0.29) is 0 Å². The molecular formula is C26H25N3O2S. The second-order valence-corrected chi connectivity index (χ2v) is 9.76. The van der Waals surface area contributed by atoms with Crippen molar-refractivity contribution in [2.75, 3.05) is 7.11 Å². The Kier molecular flexibility index (Phi) is 5.08. The molecule has 32 heavy (non-hydrogen) atoms. The zero-order valence-corrected chi connectivity index (χ0v) is 18.9. The Hall–Kier alpha value is -3.06. The lowest BCUT2D eigenvalue weighted by atomic mass is 9.63. The molecule has 2 aromatic carbocycles. The minimum absolute atomic E-state index is 0.468. The van der Waals surface area contributed by atoms with Crippen molar-refractivity contribution in [1.82, 2.24) is 9.97 Å². The van der Waals surface area contributed by atoms with Crippen molar-refractivity contribution in [3.8, 4) is 38.0 Å². The van der Waals surface area contributed by atoms with Crippen molar-refractivity contribution in [2.45, 2.75) is 30.9 Å². The minimum atomic E-state index is -0.678. The molecule has 0 spiro atoms. The first-order chi connectivity index (χ1) is 15.4. The molecule has 0 aliphatic heterocycles. The van der Waals surface area contributed by atoms with E-state index < -0.39 is 11.1 Å². The molecule has 0 bridgehead atoms. The van der Waals surface area contributed by atoms with Gasteiger partial charge in [0.25, 0.3) is 0 Å². The Morgan fingerprint density at radius 3 is 2.34 bits per heavy atom. The van der Waals surface area contributed by atoms with Crippen LogP contribution in [0.4, 0.5) is 0 Å². The first-order valence-electron chi connectivity index (χ1n) is 10.5. The molecule has 1 fully saturated rings. The van der Waals surface area contributed by atoms with Gasteiger partial charge < -0.3 is 15.6 Å². The summed E-state index contributed by atoms with van der Waals surface area (Å²) in [5.41, 5.74) is 10.4. The molecule has 2 aromatic heterocycles. The third-order valence-corrected chi connectivity index (χ3v) is 7.14. The lowest BCUT2D eigenvalue weighted by molar-refractivity contribution is -0.0738. The van der Waals surface area contributed by atoms with Crippen molar-refractivity contribution in [3.63, 3.8) is 0 Å². The van der Waals surface area contributed by atoms with Gasteiger partial charge in [-0.3, -0.25) is 4.98 Å². The highest BCUT2D eigenvalue weighted by Gasteiger charge is 2.49. The molecule has 3 N–H and O–H groups in total. The molecule has 1 saturated carbocycles. The summed E-state index contributed by atoms with van der Waals surface area (Å²) in [5, 5.41) is 11.0. The van der Waals surface area contributed by atoms with Crippen LogP contribution < -0.4 is 10.5 Å². The molecule has 0 atom stereocenters.